The number of benzene rings is 14. The lowest BCUT2D eigenvalue weighted by Gasteiger charge is -2.47. The van der Waals surface area contributed by atoms with Crippen LogP contribution in [0.4, 0.5) is 34.1 Å². The molecule has 0 saturated heterocycles. The maximum atomic E-state index is 11.9. The molecule has 0 bridgehead atoms. The van der Waals surface area contributed by atoms with Crippen LogP contribution in [-0.4, -0.2) is 15.8 Å². The standard InChI is InChI=1S/C98H77BN6/c1-96(2,3)70-52-76(65-29-17-11-18-30-65)94(77(53-70)66-31-19-12-20-32-66)104-89-58-73(102-85-38-26-25-37-75(85)82-51-69(41-48-88(82)102)64-27-15-10-16-28-64)42-44-83(89)99-84-45-43-74(103-86-46-39-62(60-100)49-80(86)81-50-63(61-101)40-47-87(81)103)59-90(84)105(92-57-72(98(7,8)9)56-91(104)93(92)99)95-78(67-33-21-13-22-34-67)54-71(97(4,5)6)55-79(95)68-35-23-14-24-36-68/h10-59H,1-9H3/i10D,15D,16D,25D,26D,27D,28D,37D,38D,39D,40D,41D,42D,43D,44D,45D,46D,47D,48D,49D,50D,51D,58D,59D. The fraction of sp³-hybridized carbons (Fsp3) is 0.122. The number of fused-ring (bicyclic) bond motifs is 10. The van der Waals surface area contributed by atoms with Crippen molar-refractivity contribution in [3.63, 3.8) is 0 Å². The monoisotopic (exact) mass is 1370 g/mol. The van der Waals surface area contributed by atoms with Crippen molar-refractivity contribution < 1.29 is 32.9 Å². The van der Waals surface area contributed by atoms with Gasteiger partial charge >= 0.3 is 0 Å². The fourth-order valence-electron chi connectivity index (χ4n) is 14.8. The van der Waals surface area contributed by atoms with E-state index in [1.165, 1.54) is 0 Å². The molecule has 18 rings (SSSR count). The minimum atomic E-state index is -1.73. The number of hydrogen-bond donors (Lipinski definition) is 0. The lowest BCUT2D eigenvalue weighted by Crippen LogP contribution is -2.61. The van der Waals surface area contributed by atoms with Crippen LogP contribution in [-0.2, 0) is 16.2 Å². The summed E-state index contributed by atoms with van der Waals surface area (Å²) in [7, 11) is 0. The molecule has 0 saturated carbocycles. The summed E-state index contributed by atoms with van der Waals surface area (Å²) in [6, 6.07) is 34.1. The van der Waals surface area contributed by atoms with Gasteiger partial charge in [0.1, 0.15) is 0 Å². The average molecular weight is 1370 g/mol. The highest BCUT2D eigenvalue weighted by Crippen LogP contribution is 2.56. The van der Waals surface area contributed by atoms with Crippen LogP contribution in [0.15, 0.2) is 303 Å². The predicted molar refractivity (Wildman–Crippen MR) is 442 cm³/mol. The van der Waals surface area contributed by atoms with Crippen LogP contribution in [0.1, 0.15) is 123 Å². The van der Waals surface area contributed by atoms with Crippen molar-refractivity contribution in [2.45, 2.75) is 78.6 Å². The van der Waals surface area contributed by atoms with Gasteiger partial charge in [0, 0.05) is 77.9 Å². The fourth-order valence-corrected chi connectivity index (χ4v) is 14.8. The second kappa shape index (κ2) is 24.5. The Balaban J connectivity index is 1.13. The molecular weight excluding hydrogens is 1270 g/mol. The molecule has 0 fully saturated rings. The SMILES string of the molecule is [2H]c1c([2H])c([2H])c(-c2c([2H])c([2H])c3c(c2[2H])c2c([2H])c([2H])c([2H])c([2H])c2n3-c2c([2H])c([2H])c3c(c2[2H])N(c2c(-c4ccccc4)cc(C(C)(C)C)cc2-c2ccccc2)c2cc(C(C)(C)C)cc4c2B3c2c([2H])c([2H])c(-n3c5c([2H])c([2H])c(C#N)c([2H])c5c5c([2H])c(C#N)c([2H])c([2H])c53)c([2H])c2N4c2c(-c3ccccc3)cc(C(C)(C)C)cc2-c2ccccc2)c([2H])c1[2H]. The summed E-state index contributed by atoms with van der Waals surface area (Å²) in [4.78, 5) is 3.68. The van der Waals surface area contributed by atoms with Crippen molar-refractivity contribution in [2.24, 2.45) is 0 Å². The topological polar surface area (TPSA) is 63.9 Å². The van der Waals surface area contributed by atoms with Crippen molar-refractivity contribution in [1.82, 2.24) is 9.13 Å². The van der Waals surface area contributed by atoms with Crippen LogP contribution in [0, 0.1) is 22.7 Å². The maximum Gasteiger partial charge on any atom is 0.252 e. The zero-order valence-corrected chi connectivity index (χ0v) is 58.8. The summed E-state index contributed by atoms with van der Waals surface area (Å²) >= 11 is 0. The van der Waals surface area contributed by atoms with Gasteiger partial charge in [0.15, 0.2) is 0 Å². The molecule has 0 N–H and O–H groups in total. The number of nitrogens with zero attached hydrogens (tertiary/aromatic N) is 6. The Morgan fingerprint density at radius 3 is 1.09 bits per heavy atom. The molecule has 16 aromatic rings. The summed E-state index contributed by atoms with van der Waals surface area (Å²) < 4.78 is 243. The van der Waals surface area contributed by atoms with Crippen LogP contribution in [0.25, 0.3) is 111 Å². The summed E-state index contributed by atoms with van der Waals surface area (Å²) in [5.41, 5.74) is -0.750. The molecule has 0 amide bonds. The molecule has 6 nitrogen and oxygen atoms in total. The molecule has 2 aliphatic rings. The van der Waals surface area contributed by atoms with Gasteiger partial charge in [-0.25, -0.2) is 0 Å². The molecule has 0 unspecified atom stereocenters. The third-order valence-corrected chi connectivity index (χ3v) is 20.0. The van der Waals surface area contributed by atoms with E-state index in [0.717, 1.165) is 20.3 Å². The van der Waals surface area contributed by atoms with E-state index in [0.29, 0.717) is 61.4 Å². The molecule has 4 heterocycles. The summed E-state index contributed by atoms with van der Waals surface area (Å²) in [5, 5.41) is 19.7. The molecule has 0 radical (unpaired) electrons. The van der Waals surface area contributed by atoms with E-state index in [9.17, 15) is 39.3 Å². The zero-order chi connectivity index (χ0) is 92.7. The van der Waals surface area contributed by atoms with Gasteiger partial charge in [-0.3, -0.25) is 0 Å². The van der Waals surface area contributed by atoms with Gasteiger partial charge < -0.3 is 18.9 Å². The van der Waals surface area contributed by atoms with Gasteiger partial charge in [-0.15, -0.1) is 0 Å². The van der Waals surface area contributed by atoms with Gasteiger partial charge in [-0.2, -0.15) is 10.5 Å². The van der Waals surface area contributed by atoms with Crippen molar-refractivity contribution in [2.75, 3.05) is 9.80 Å². The molecule has 2 aliphatic heterocycles. The molecule has 105 heavy (non-hydrogen) atoms. The van der Waals surface area contributed by atoms with Crippen molar-refractivity contribution in [1.29, 1.82) is 10.5 Å². The molecular formula is C98H77BN6. The second-order valence-electron chi connectivity index (χ2n) is 29.6. The third kappa shape index (κ3) is 10.7. The first-order valence-electron chi connectivity index (χ1n) is 46.6. The van der Waals surface area contributed by atoms with E-state index in [4.69, 9.17) is 4.11 Å². The Morgan fingerprint density at radius 2 is 0.686 bits per heavy atom. The first-order valence-corrected chi connectivity index (χ1v) is 34.6. The van der Waals surface area contributed by atoms with Crippen molar-refractivity contribution in [3.8, 4) is 79.1 Å². The van der Waals surface area contributed by atoms with E-state index in [1.807, 2.05) is 188 Å². The number of nitriles is 2. The van der Waals surface area contributed by atoms with E-state index < -0.39 is 245 Å². The van der Waals surface area contributed by atoms with E-state index in [-0.39, 0.29) is 39.1 Å². The number of rotatable bonds is 9. The van der Waals surface area contributed by atoms with Crippen LogP contribution in [0.2, 0.25) is 0 Å². The number of anilines is 6. The van der Waals surface area contributed by atoms with Crippen LogP contribution in [0.3, 0.4) is 0 Å². The van der Waals surface area contributed by atoms with Crippen LogP contribution in [0.5, 0.6) is 0 Å². The lowest BCUT2D eigenvalue weighted by atomic mass is 9.33. The molecule has 2 aromatic heterocycles. The zero-order valence-electron chi connectivity index (χ0n) is 82.8. The Hall–Kier alpha value is -12.7. The number of para-hydroxylation sites is 1. The summed E-state index contributed by atoms with van der Waals surface area (Å²) in [6.07, 6.45) is 0. The largest absolute Gasteiger partial charge is 0.310 e. The van der Waals surface area contributed by atoms with Crippen molar-refractivity contribution >= 4 is 101 Å². The molecule has 0 atom stereocenters. The molecule has 0 spiro atoms. The number of aromatic nitrogens is 2. The first kappa shape index (κ1) is 43.3. The Kier molecular flexibility index (Phi) is 10.1. The van der Waals surface area contributed by atoms with Gasteiger partial charge in [0.25, 0.3) is 6.71 Å². The van der Waals surface area contributed by atoms with Gasteiger partial charge in [-0.1, -0.05) is 250 Å². The smallest absolute Gasteiger partial charge is 0.252 e. The molecule has 502 valence electrons. The molecule has 7 heteroatoms. The average Bonchev–Trinajstić information content (AvgIpc) is 1.56. The summed E-state index contributed by atoms with van der Waals surface area (Å²) in [5.74, 6) is 0. The highest BCUT2D eigenvalue weighted by atomic mass is 15.2. The van der Waals surface area contributed by atoms with Crippen LogP contribution >= 0.6 is 0 Å². The lowest BCUT2D eigenvalue weighted by molar-refractivity contribution is 0.590. The Labute approximate surface area is 649 Å². The quantitative estimate of drug-likeness (QED) is 0.135. The third-order valence-electron chi connectivity index (χ3n) is 20.0. The highest BCUT2D eigenvalue weighted by Gasteiger charge is 2.47. The Bertz CT molecular complexity index is 7560. The minimum absolute atomic E-state index is 0.224. The predicted octanol–water partition coefficient (Wildman–Crippen LogP) is 23.9. The van der Waals surface area contributed by atoms with E-state index in [1.54, 1.807) is 0 Å². The maximum absolute atomic E-state index is 11.9. The second-order valence-corrected chi connectivity index (χ2v) is 29.6. The number of hydrogen-bond acceptors (Lipinski definition) is 4. The van der Waals surface area contributed by atoms with Crippen LogP contribution < -0.4 is 26.2 Å². The van der Waals surface area contributed by atoms with E-state index in [2.05, 4.69) is 53.7 Å². The molecule has 14 aromatic carbocycles. The Morgan fingerprint density at radius 1 is 0.324 bits per heavy atom. The summed E-state index contributed by atoms with van der Waals surface area (Å²) in [6.45, 7) is 16.6. The van der Waals surface area contributed by atoms with E-state index >= 15 is 0 Å². The van der Waals surface area contributed by atoms with Crippen molar-refractivity contribution in [3.05, 3.63) is 331 Å². The van der Waals surface area contributed by atoms with Gasteiger partial charge in [-0.05, 0) is 198 Å². The first-order chi connectivity index (χ1) is 61.0. The highest BCUT2D eigenvalue weighted by molar-refractivity contribution is 7.00. The van der Waals surface area contributed by atoms with Gasteiger partial charge in [0.05, 0.1) is 89.6 Å². The molecule has 0 aliphatic carbocycles. The van der Waals surface area contributed by atoms with Gasteiger partial charge in [0.2, 0.25) is 0 Å². The normalized spacial score (nSPS) is 15.9. The minimum Gasteiger partial charge on any atom is -0.310 e.